The molecule has 0 aromatic heterocycles. The standard InChI is InChI=1S/C18H21NOS/c1-2-20-16-8-5-6-14(10-16)11-19-18-13-21-12-15-7-3-4-9-17(15)18/h3-10,18-19H,2,11-13H2,1H3. The van der Waals surface area contributed by atoms with Gasteiger partial charge in [-0.25, -0.2) is 0 Å². The Morgan fingerprint density at radius 3 is 3.00 bits per heavy atom. The van der Waals surface area contributed by atoms with Gasteiger partial charge in [-0.1, -0.05) is 36.4 Å². The number of hydrogen-bond acceptors (Lipinski definition) is 3. The Bertz CT molecular complexity index is 599. The predicted molar refractivity (Wildman–Crippen MR) is 89.8 cm³/mol. The van der Waals surface area contributed by atoms with Crippen LogP contribution < -0.4 is 10.1 Å². The summed E-state index contributed by atoms with van der Waals surface area (Å²) >= 11 is 2.00. The summed E-state index contributed by atoms with van der Waals surface area (Å²) in [4.78, 5) is 0. The SMILES string of the molecule is CCOc1cccc(CNC2CSCc3ccccc32)c1. The zero-order chi connectivity index (χ0) is 14.5. The molecule has 0 amide bonds. The second-order valence-electron chi connectivity index (χ2n) is 5.23. The van der Waals surface area contributed by atoms with Gasteiger partial charge in [0.1, 0.15) is 5.75 Å². The van der Waals surface area contributed by atoms with Crippen molar-refractivity contribution in [1.82, 2.24) is 5.32 Å². The van der Waals surface area contributed by atoms with Crippen molar-refractivity contribution in [2.45, 2.75) is 25.3 Å². The second kappa shape index (κ2) is 7.01. The summed E-state index contributed by atoms with van der Waals surface area (Å²) in [5.41, 5.74) is 4.19. The van der Waals surface area contributed by atoms with E-state index >= 15 is 0 Å². The van der Waals surface area contributed by atoms with Crippen LogP contribution in [0, 0.1) is 0 Å². The third-order valence-corrected chi connectivity index (χ3v) is 4.82. The van der Waals surface area contributed by atoms with Gasteiger partial charge in [-0.05, 0) is 35.7 Å². The molecule has 2 aromatic rings. The molecule has 0 spiro atoms. The van der Waals surface area contributed by atoms with Crippen molar-refractivity contribution < 1.29 is 4.74 Å². The monoisotopic (exact) mass is 299 g/mol. The molecular weight excluding hydrogens is 278 g/mol. The first kappa shape index (κ1) is 14.5. The summed E-state index contributed by atoms with van der Waals surface area (Å²) in [7, 11) is 0. The van der Waals surface area contributed by atoms with Gasteiger partial charge in [0.05, 0.1) is 6.61 Å². The smallest absolute Gasteiger partial charge is 0.119 e. The quantitative estimate of drug-likeness (QED) is 0.895. The van der Waals surface area contributed by atoms with Gasteiger partial charge in [0, 0.05) is 24.1 Å². The Kier molecular flexibility index (Phi) is 4.84. The highest BCUT2D eigenvalue weighted by Gasteiger charge is 2.19. The summed E-state index contributed by atoms with van der Waals surface area (Å²) in [5, 5.41) is 3.69. The summed E-state index contributed by atoms with van der Waals surface area (Å²) in [6.45, 7) is 3.60. The number of rotatable bonds is 5. The molecule has 110 valence electrons. The minimum atomic E-state index is 0.440. The fraction of sp³-hybridized carbons (Fsp3) is 0.333. The van der Waals surface area contributed by atoms with E-state index in [1.165, 1.54) is 16.7 Å². The Hall–Kier alpha value is -1.45. The van der Waals surface area contributed by atoms with E-state index in [1.54, 1.807) is 0 Å². The highest BCUT2D eigenvalue weighted by molar-refractivity contribution is 7.98. The molecule has 2 aromatic carbocycles. The largest absolute Gasteiger partial charge is 0.494 e. The van der Waals surface area contributed by atoms with Gasteiger partial charge in [0.15, 0.2) is 0 Å². The molecule has 0 radical (unpaired) electrons. The topological polar surface area (TPSA) is 21.3 Å². The summed E-state index contributed by atoms with van der Waals surface area (Å²) in [5.74, 6) is 3.23. The van der Waals surface area contributed by atoms with Gasteiger partial charge in [0.2, 0.25) is 0 Å². The van der Waals surface area contributed by atoms with E-state index < -0.39 is 0 Å². The third kappa shape index (κ3) is 3.60. The first-order chi connectivity index (χ1) is 10.4. The lowest BCUT2D eigenvalue weighted by atomic mass is 10.0. The van der Waals surface area contributed by atoms with E-state index in [0.29, 0.717) is 12.6 Å². The predicted octanol–water partition coefficient (Wildman–Crippen LogP) is 4.16. The van der Waals surface area contributed by atoms with Gasteiger partial charge >= 0.3 is 0 Å². The molecular formula is C18H21NOS. The number of hydrogen-bond donors (Lipinski definition) is 1. The molecule has 3 rings (SSSR count). The second-order valence-corrected chi connectivity index (χ2v) is 6.26. The maximum absolute atomic E-state index is 5.56. The van der Waals surface area contributed by atoms with Crippen LogP contribution in [0.1, 0.15) is 29.7 Å². The van der Waals surface area contributed by atoms with Crippen LogP contribution >= 0.6 is 11.8 Å². The Balaban J connectivity index is 1.67. The van der Waals surface area contributed by atoms with Crippen LogP contribution in [0.25, 0.3) is 0 Å². The Morgan fingerprint density at radius 1 is 1.19 bits per heavy atom. The number of ether oxygens (including phenoxy) is 1. The number of thioether (sulfide) groups is 1. The Labute approximate surface area is 130 Å². The van der Waals surface area contributed by atoms with Gasteiger partial charge in [-0.2, -0.15) is 11.8 Å². The minimum Gasteiger partial charge on any atom is -0.494 e. The zero-order valence-corrected chi connectivity index (χ0v) is 13.2. The maximum Gasteiger partial charge on any atom is 0.119 e. The fourth-order valence-electron chi connectivity index (χ4n) is 2.70. The van der Waals surface area contributed by atoms with Crippen LogP contribution in [0.3, 0.4) is 0 Å². The van der Waals surface area contributed by atoms with Gasteiger partial charge in [-0.3, -0.25) is 0 Å². The van der Waals surface area contributed by atoms with Crippen LogP contribution in [0.15, 0.2) is 48.5 Å². The normalized spacial score (nSPS) is 17.3. The molecule has 2 nitrogen and oxygen atoms in total. The van der Waals surface area contributed by atoms with E-state index in [2.05, 4.69) is 47.8 Å². The third-order valence-electron chi connectivity index (χ3n) is 3.73. The fourth-order valence-corrected chi connectivity index (χ4v) is 3.84. The van der Waals surface area contributed by atoms with Gasteiger partial charge in [0.25, 0.3) is 0 Å². The van der Waals surface area contributed by atoms with E-state index in [4.69, 9.17) is 4.74 Å². The van der Waals surface area contributed by atoms with E-state index in [-0.39, 0.29) is 0 Å². The van der Waals surface area contributed by atoms with Crippen molar-refractivity contribution in [2.24, 2.45) is 0 Å². The molecule has 1 aliphatic heterocycles. The molecule has 1 heterocycles. The molecule has 1 N–H and O–H groups in total. The average Bonchev–Trinajstić information content (AvgIpc) is 2.53. The minimum absolute atomic E-state index is 0.440. The summed E-state index contributed by atoms with van der Waals surface area (Å²) < 4.78 is 5.56. The molecule has 1 atom stereocenters. The van der Waals surface area contributed by atoms with Gasteiger partial charge < -0.3 is 10.1 Å². The number of nitrogens with one attached hydrogen (secondary N) is 1. The molecule has 0 saturated heterocycles. The molecule has 1 unspecified atom stereocenters. The summed E-state index contributed by atoms with van der Waals surface area (Å²) in [6, 6.07) is 17.6. The first-order valence-electron chi connectivity index (χ1n) is 7.47. The molecule has 3 heteroatoms. The molecule has 21 heavy (non-hydrogen) atoms. The van der Waals surface area contributed by atoms with Crippen LogP contribution in [0.2, 0.25) is 0 Å². The lowest BCUT2D eigenvalue weighted by Crippen LogP contribution is -2.26. The van der Waals surface area contributed by atoms with Crippen molar-refractivity contribution in [3.8, 4) is 5.75 Å². The van der Waals surface area contributed by atoms with Crippen LogP contribution in [-0.4, -0.2) is 12.4 Å². The van der Waals surface area contributed by atoms with Gasteiger partial charge in [-0.15, -0.1) is 0 Å². The molecule has 0 fully saturated rings. The lowest BCUT2D eigenvalue weighted by molar-refractivity contribution is 0.339. The van der Waals surface area contributed by atoms with Crippen molar-refractivity contribution in [1.29, 1.82) is 0 Å². The maximum atomic E-state index is 5.56. The van der Waals surface area contributed by atoms with Crippen LogP contribution in [0.5, 0.6) is 5.75 Å². The molecule has 0 bridgehead atoms. The average molecular weight is 299 g/mol. The van der Waals surface area contributed by atoms with E-state index in [0.717, 1.165) is 23.8 Å². The van der Waals surface area contributed by atoms with Crippen molar-refractivity contribution in [3.63, 3.8) is 0 Å². The van der Waals surface area contributed by atoms with Crippen molar-refractivity contribution in [2.75, 3.05) is 12.4 Å². The first-order valence-corrected chi connectivity index (χ1v) is 8.63. The summed E-state index contributed by atoms with van der Waals surface area (Å²) in [6.07, 6.45) is 0. The molecule has 1 aliphatic rings. The van der Waals surface area contributed by atoms with Crippen molar-refractivity contribution in [3.05, 3.63) is 65.2 Å². The highest BCUT2D eigenvalue weighted by Crippen LogP contribution is 2.31. The highest BCUT2D eigenvalue weighted by atomic mass is 32.2. The van der Waals surface area contributed by atoms with Crippen LogP contribution in [0.4, 0.5) is 0 Å². The lowest BCUT2D eigenvalue weighted by Gasteiger charge is -2.26. The van der Waals surface area contributed by atoms with Crippen LogP contribution in [-0.2, 0) is 12.3 Å². The molecule has 0 aliphatic carbocycles. The zero-order valence-electron chi connectivity index (χ0n) is 12.3. The van der Waals surface area contributed by atoms with Crippen molar-refractivity contribution >= 4 is 11.8 Å². The molecule has 0 saturated carbocycles. The Morgan fingerprint density at radius 2 is 2.10 bits per heavy atom. The number of fused-ring (bicyclic) bond motifs is 1. The van der Waals surface area contributed by atoms with E-state index in [9.17, 15) is 0 Å². The van der Waals surface area contributed by atoms with E-state index in [1.807, 2.05) is 24.8 Å². The number of benzene rings is 2.